The van der Waals surface area contributed by atoms with Crippen molar-refractivity contribution in [3.63, 3.8) is 0 Å². The Morgan fingerprint density at radius 1 is 0.187 bits per heavy atom. The van der Waals surface area contributed by atoms with Gasteiger partial charge in [-0.2, -0.15) is 0 Å². The molecule has 0 atom stereocenters. The monoisotopic (exact) mass is 1380 g/mol. The summed E-state index contributed by atoms with van der Waals surface area (Å²) in [7, 11) is 0. The Balaban J connectivity index is 0.000000124. The zero-order valence-corrected chi connectivity index (χ0v) is 59.1. The van der Waals surface area contributed by atoms with E-state index in [2.05, 4.69) is 211 Å². The van der Waals surface area contributed by atoms with Crippen molar-refractivity contribution in [3.05, 3.63) is 381 Å². The molecule has 11 heteroatoms. The average Bonchev–Trinajstić information content (AvgIpc) is 0.803. The molecule has 107 heavy (non-hydrogen) atoms. The third-order valence-electron chi connectivity index (χ3n) is 18.4. The van der Waals surface area contributed by atoms with Crippen LogP contribution in [0.3, 0.4) is 0 Å². The molecule has 11 nitrogen and oxygen atoms in total. The van der Waals surface area contributed by atoms with Crippen molar-refractivity contribution in [2.24, 2.45) is 0 Å². The second kappa shape index (κ2) is 31.1. The van der Waals surface area contributed by atoms with Crippen molar-refractivity contribution in [1.82, 2.24) is 54.8 Å². The quantitative estimate of drug-likeness (QED) is 0.109. The van der Waals surface area contributed by atoms with Crippen molar-refractivity contribution >= 4 is 21.8 Å². The lowest BCUT2D eigenvalue weighted by atomic mass is 9.98. The molecule has 0 aliphatic rings. The van der Waals surface area contributed by atoms with Crippen LogP contribution in [0.15, 0.2) is 364 Å². The number of hydrogen-bond donors (Lipinski definition) is 0. The Morgan fingerprint density at radius 3 is 1.00 bits per heavy atom. The minimum atomic E-state index is 0.649. The van der Waals surface area contributed by atoms with Crippen molar-refractivity contribution in [2.75, 3.05) is 0 Å². The normalized spacial score (nSPS) is 10.9. The molecular formula is C96H69N11. The van der Waals surface area contributed by atoms with E-state index in [1.165, 1.54) is 5.56 Å². The van der Waals surface area contributed by atoms with Crippen LogP contribution in [-0.2, 0) is 0 Å². The Kier molecular flexibility index (Phi) is 19.6. The second-order valence-corrected chi connectivity index (χ2v) is 26.0. The van der Waals surface area contributed by atoms with Crippen LogP contribution in [0.4, 0.5) is 0 Å². The van der Waals surface area contributed by atoms with Crippen LogP contribution in [0.25, 0.3) is 169 Å². The van der Waals surface area contributed by atoms with Gasteiger partial charge in [-0.1, -0.05) is 309 Å². The van der Waals surface area contributed by atoms with Gasteiger partial charge in [0, 0.05) is 101 Å². The zero-order valence-electron chi connectivity index (χ0n) is 59.1. The molecule has 508 valence electrons. The molecule has 0 aliphatic heterocycles. The molecule has 0 saturated heterocycles. The second-order valence-electron chi connectivity index (χ2n) is 26.0. The van der Waals surface area contributed by atoms with Gasteiger partial charge >= 0.3 is 0 Å². The van der Waals surface area contributed by atoms with Crippen molar-refractivity contribution in [3.8, 4) is 147 Å². The van der Waals surface area contributed by atoms with Crippen LogP contribution in [0.1, 0.15) is 17.0 Å². The van der Waals surface area contributed by atoms with Gasteiger partial charge in [0.05, 0.1) is 33.8 Å². The van der Waals surface area contributed by atoms with E-state index in [-0.39, 0.29) is 0 Å². The van der Waals surface area contributed by atoms with Crippen LogP contribution in [0.5, 0.6) is 0 Å². The highest BCUT2D eigenvalue weighted by Crippen LogP contribution is 2.36. The third-order valence-corrected chi connectivity index (χ3v) is 18.4. The summed E-state index contributed by atoms with van der Waals surface area (Å²) in [4.78, 5) is 52.6. The molecule has 0 radical (unpaired) electrons. The topological polar surface area (TPSA) is 142 Å². The van der Waals surface area contributed by atoms with Gasteiger partial charge in [-0.3, -0.25) is 19.9 Å². The van der Waals surface area contributed by atoms with Gasteiger partial charge in [0.15, 0.2) is 34.9 Å². The van der Waals surface area contributed by atoms with Crippen LogP contribution >= 0.6 is 0 Å². The lowest BCUT2D eigenvalue weighted by Crippen LogP contribution is -2.00. The van der Waals surface area contributed by atoms with E-state index in [1.54, 1.807) is 0 Å². The average molecular weight is 1380 g/mol. The Hall–Kier alpha value is -14.3. The molecule has 0 fully saturated rings. The number of nitrogens with zero attached hydrogens (tertiary/aromatic N) is 11. The van der Waals surface area contributed by atoms with E-state index in [1.807, 2.05) is 184 Å². The summed E-state index contributed by atoms with van der Waals surface area (Å²) in [6, 6.07) is 120. The van der Waals surface area contributed by atoms with Crippen molar-refractivity contribution < 1.29 is 0 Å². The molecule has 0 bridgehead atoms. The van der Waals surface area contributed by atoms with Gasteiger partial charge in [-0.25, -0.2) is 34.9 Å². The first-order chi connectivity index (χ1) is 52.7. The van der Waals surface area contributed by atoms with Crippen LogP contribution in [0, 0.1) is 20.8 Å². The predicted octanol–water partition coefficient (Wildman–Crippen LogP) is 23.3. The number of hydrogen-bond acceptors (Lipinski definition) is 11. The summed E-state index contributed by atoms with van der Waals surface area (Å²) >= 11 is 0. The van der Waals surface area contributed by atoms with Gasteiger partial charge in [0.2, 0.25) is 0 Å². The highest BCUT2D eigenvalue weighted by molar-refractivity contribution is 5.95. The first-order valence-electron chi connectivity index (χ1n) is 35.5. The maximum absolute atomic E-state index is 5.00. The van der Waals surface area contributed by atoms with Crippen LogP contribution < -0.4 is 0 Å². The van der Waals surface area contributed by atoms with Gasteiger partial charge in [0.1, 0.15) is 0 Å². The summed E-state index contributed by atoms with van der Waals surface area (Å²) in [6.45, 7) is 6.13. The standard InChI is InChI=1S/C37H25N3.C31H22N4.C28H22N4/c1-3-9-28(10-4-1)35-23-32(24-36(40-35)29-11-5-2-6-12-29)27-18-16-26(17-19-27)31-20-21-34(39-25-31)33-15-7-13-30-14-8-22-38-37(30)33;1-21-15-16-23-13-8-14-27(28(23)32-21)22-17-19-26(20-18-22)31-34-29(24-9-4-2-5-10-24)33-30(35-31)25-11-6-3-7-12-25;1-19-17-20(2)29-25(18-19)21-13-15-24(16-14-21)28-31-26(22-9-5-3-6-10-22)30-27(32-28)23-11-7-4-8-12-23/h1-25H;2-20H,1H3;3-18H,1-2H3. The smallest absolute Gasteiger partial charge is 0.164 e. The summed E-state index contributed by atoms with van der Waals surface area (Å²) in [6.07, 6.45) is 3.77. The SMILES string of the molecule is Cc1cc(C)nc(-c2ccc(-c3nc(-c4ccccc4)nc(-c4ccccc4)n3)cc2)c1.Cc1ccc2cccc(-c3ccc(-c4nc(-c5ccccc5)nc(-c5ccccc5)n4)cc3)c2n1.c1ccc(-c2cc(-c3ccc(-c4ccc(-c5cccc6cccnc56)nc4)cc3)cc(-c3ccccc3)n2)cc1. The number of aryl methyl sites for hydroxylation is 3. The van der Waals surface area contributed by atoms with Crippen molar-refractivity contribution in [2.45, 2.75) is 20.8 Å². The Morgan fingerprint density at radius 2 is 0.551 bits per heavy atom. The van der Waals surface area contributed by atoms with Crippen LogP contribution in [-0.4, -0.2) is 54.8 Å². The molecule has 18 rings (SSSR count). The molecule has 0 amide bonds. The summed E-state index contributed by atoms with van der Waals surface area (Å²) < 4.78 is 0. The molecule has 0 spiro atoms. The third kappa shape index (κ3) is 15.6. The van der Waals surface area contributed by atoms with E-state index in [9.17, 15) is 0 Å². The minimum Gasteiger partial charge on any atom is -0.256 e. The molecule has 11 aromatic carbocycles. The fourth-order valence-corrected chi connectivity index (χ4v) is 13.0. The number of rotatable bonds is 13. The lowest BCUT2D eigenvalue weighted by Gasteiger charge is -2.11. The molecular weight excluding hydrogens is 1310 g/mol. The number of pyridine rings is 5. The molecule has 7 heterocycles. The fourth-order valence-electron chi connectivity index (χ4n) is 13.0. The summed E-state index contributed by atoms with van der Waals surface area (Å²) in [5.41, 5.74) is 25.8. The highest BCUT2D eigenvalue weighted by Gasteiger charge is 2.17. The largest absolute Gasteiger partial charge is 0.256 e. The van der Waals surface area contributed by atoms with Gasteiger partial charge < -0.3 is 0 Å². The predicted molar refractivity (Wildman–Crippen MR) is 435 cm³/mol. The molecule has 7 aromatic heterocycles. The minimum absolute atomic E-state index is 0.649. The first kappa shape index (κ1) is 67.2. The number of benzene rings is 11. The number of aromatic nitrogens is 11. The van der Waals surface area contributed by atoms with Gasteiger partial charge in [0.25, 0.3) is 0 Å². The summed E-state index contributed by atoms with van der Waals surface area (Å²) in [5, 5.41) is 2.25. The van der Waals surface area contributed by atoms with Gasteiger partial charge in [-0.15, -0.1) is 0 Å². The summed E-state index contributed by atoms with van der Waals surface area (Å²) in [5.74, 6) is 3.94. The van der Waals surface area contributed by atoms with E-state index < -0.39 is 0 Å². The van der Waals surface area contributed by atoms with Crippen LogP contribution in [0.2, 0.25) is 0 Å². The molecule has 0 saturated carbocycles. The number of fused-ring (bicyclic) bond motifs is 2. The fraction of sp³-hybridized carbons (Fsp3) is 0.0312. The molecule has 18 aromatic rings. The highest BCUT2D eigenvalue weighted by atomic mass is 15.0. The Bertz CT molecular complexity index is 5900. The van der Waals surface area contributed by atoms with E-state index >= 15 is 0 Å². The van der Waals surface area contributed by atoms with E-state index in [0.29, 0.717) is 34.9 Å². The lowest BCUT2D eigenvalue weighted by molar-refractivity contribution is 1.07. The Labute approximate surface area is 621 Å². The molecule has 0 unspecified atom stereocenters. The van der Waals surface area contributed by atoms with Crippen molar-refractivity contribution in [1.29, 1.82) is 0 Å². The maximum Gasteiger partial charge on any atom is 0.164 e. The molecule has 0 aliphatic carbocycles. The molecule has 0 N–H and O–H groups in total. The van der Waals surface area contributed by atoms with Gasteiger partial charge in [-0.05, 0) is 91.1 Å². The first-order valence-corrected chi connectivity index (χ1v) is 35.5. The maximum atomic E-state index is 5.00. The number of para-hydroxylation sites is 2. The zero-order chi connectivity index (χ0) is 72.3. The van der Waals surface area contributed by atoms with E-state index in [0.717, 1.165) is 145 Å². The van der Waals surface area contributed by atoms with E-state index in [4.69, 9.17) is 44.9 Å².